The lowest BCUT2D eigenvalue weighted by atomic mass is 10.0. The molecule has 0 rings (SSSR count). The van der Waals surface area contributed by atoms with Crippen molar-refractivity contribution in [3.8, 4) is 0 Å². The first kappa shape index (κ1) is 30.7. The second kappa shape index (κ2) is 15.6. The van der Waals surface area contributed by atoms with Crippen LogP contribution in [-0.2, 0) is 28.8 Å². The van der Waals surface area contributed by atoms with E-state index in [1.54, 1.807) is 13.8 Å². The summed E-state index contributed by atoms with van der Waals surface area (Å²) in [5, 5.41) is 16.3. The van der Waals surface area contributed by atoms with Gasteiger partial charge in [0, 0.05) is 6.42 Å². The van der Waals surface area contributed by atoms with E-state index in [4.69, 9.17) is 22.9 Å². The molecule has 4 unspecified atom stereocenters. The smallest absolute Gasteiger partial charge is 0.326 e. The van der Waals surface area contributed by atoms with Crippen molar-refractivity contribution in [3.63, 3.8) is 0 Å². The molecule has 0 aromatic carbocycles. The van der Waals surface area contributed by atoms with Gasteiger partial charge in [0.15, 0.2) is 0 Å². The lowest BCUT2D eigenvalue weighted by Gasteiger charge is -2.26. The van der Waals surface area contributed by atoms with E-state index >= 15 is 0 Å². The lowest BCUT2D eigenvalue weighted by molar-refractivity contribution is -0.142. The predicted octanol–water partition coefficient (Wildman–Crippen LogP) is -3.22. The molecule has 0 saturated heterocycles. The third kappa shape index (κ3) is 12.1. The van der Waals surface area contributed by atoms with Crippen LogP contribution >= 0.6 is 0 Å². The number of carboxylic acid groups (broad SMARTS) is 1. The Kier molecular flexibility index (Phi) is 14.1. The lowest BCUT2D eigenvalue weighted by Crippen LogP contribution is -2.59. The molecule has 194 valence electrons. The number of hydrogen-bond acceptors (Lipinski definition) is 8. The first-order valence-corrected chi connectivity index (χ1v) is 11.0. The van der Waals surface area contributed by atoms with Crippen molar-refractivity contribution in [2.24, 2.45) is 28.9 Å². The van der Waals surface area contributed by atoms with Crippen LogP contribution in [0.15, 0.2) is 0 Å². The van der Waals surface area contributed by atoms with Crippen molar-refractivity contribution < 1.29 is 33.9 Å². The number of carboxylic acids is 1. The van der Waals surface area contributed by atoms with Gasteiger partial charge in [-0.25, -0.2) is 4.79 Å². The molecule has 0 heterocycles. The van der Waals surface area contributed by atoms with Crippen LogP contribution in [0.2, 0.25) is 0 Å². The summed E-state index contributed by atoms with van der Waals surface area (Å²) in [5.41, 5.74) is 21.5. The molecule has 0 aliphatic carbocycles. The van der Waals surface area contributed by atoms with Crippen LogP contribution in [0.3, 0.4) is 0 Å². The minimum absolute atomic E-state index is 0.291. The zero-order chi connectivity index (χ0) is 26.4. The van der Waals surface area contributed by atoms with E-state index in [-0.39, 0.29) is 12.8 Å². The van der Waals surface area contributed by atoms with Gasteiger partial charge in [-0.1, -0.05) is 20.3 Å². The van der Waals surface area contributed by atoms with Gasteiger partial charge in [0.25, 0.3) is 0 Å². The first-order valence-electron chi connectivity index (χ1n) is 11.0. The average Bonchev–Trinajstić information content (AvgIpc) is 2.72. The standard InChI is InChI=1S/C20H37N7O7/c1-10(2)16(27-17(30)11(22)5-3-4-8-21)19(32)26-13(9-15(24)29)18(31)25-12(20(33)34)6-7-14(23)28/h10-13,16H,3-9,21-22H2,1-2H3,(H2,23,28)(H2,24,29)(H,25,31)(H,26,32)(H,27,30)(H,33,34). The van der Waals surface area contributed by atoms with E-state index in [1.165, 1.54) is 0 Å². The molecule has 5 amide bonds. The van der Waals surface area contributed by atoms with Crippen molar-refractivity contribution >= 4 is 35.5 Å². The van der Waals surface area contributed by atoms with Gasteiger partial charge >= 0.3 is 5.97 Å². The Labute approximate surface area is 197 Å². The van der Waals surface area contributed by atoms with Gasteiger partial charge in [-0.15, -0.1) is 0 Å². The quantitative estimate of drug-likeness (QED) is 0.0957. The summed E-state index contributed by atoms with van der Waals surface area (Å²) in [6.45, 7) is 3.76. The van der Waals surface area contributed by atoms with Crippen molar-refractivity contribution in [1.82, 2.24) is 16.0 Å². The van der Waals surface area contributed by atoms with E-state index < -0.39 is 72.0 Å². The fourth-order valence-corrected chi connectivity index (χ4v) is 2.92. The van der Waals surface area contributed by atoms with Gasteiger partial charge in [0.2, 0.25) is 29.5 Å². The maximum absolute atomic E-state index is 12.8. The Bertz CT molecular complexity index is 745. The number of nitrogens with two attached hydrogens (primary N) is 4. The fraction of sp³-hybridized carbons (Fsp3) is 0.700. The van der Waals surface area contributed by atoms with Crippen molar-refractivity contribution in [3.05, 3.63) is 0 Å². The monoisotopic (exact) mass is 487 g/mol. The number of hydrogen-bond donors (Lipinski definition) is 8. The van der Waals surface area contributed by atoms with Crippen molar-refractivity contribution in [1.29, 1.82) is 0 Å². The molecule has 0 aromatic heterocycles. The van der Waals surface area contributed by atoms with Crippen LogP contribution in [0.4, 0.5) is 0 Å². The Morgan fingerprint density at radius 3 is 1.85 bits per heavy atom. The molecular formula is C20H37N7O7. The highest BCUT2D eigenvalue weighted by molar-refractivity contribution is 5.96. The molecule has 12 N–H and O–H groups in total. The molecule has 0 radical (unpaired) electrons. The summed E-state index contributed by atoms with van der Waals surface area (Å²) in [4.78, 5) is 71.6. The van der Waals surface area contributed by atoms with E-state index in [0.29, 0.717) is 25.8 Å². The van der Waals surface area contributed by atoms with Gasteiger partial charge in [0.05, 0.1) is 12.5 Å². The van der Waals surface area contributed by atoms with E-state index in [9.17, 15) is 33.9 Å². The number of nitrogens with one attached hydrogen (secondary N) is 3. The third-order valence-electron chi connectivity index (χ3n) is 4.89. The zero-order valence-corrected chi connectivity index (χ0v) is 19.5. The summed E-state index contributed by atoms with van der Waals surface area (Å²) in [7, 11) is 0. The van der Waals surface area contributed by atoms with E-state index in [2.05, 4.69) is 16.0 Å². The van der Waals surface area contributed by atoms with Crippen molar-refractivity contribution in [2.45, 2.75) is 76.5 Å². The molecule has 4 atom stereocenters. The number of carbonyl (C=O) groups is 6. The summed E-state index contributed by atoms with van der Waals surface area (Å²) < 4.78 is 0. The number of amides is 5. The first-order chi connectivity index (χ1) is 15.8. The second-order valence-electron chi connectivity index (χ2n) is 8.26. The molecule has 0 bridgehead atoms. The summed E-state index contributed by atoms with van der Waals surface area (Å²) in [5.74, 6) is -5.91. The Morgan fingerprint density at radius 1 is 0.794 bits per heavy atom. The maximum atomic E-state index is 12.8. The number of carbonyl (C=O) groups excluding carboxylic acids is 5. The van der Waals surface area contributed by atoms with Crippen LogP contribution in [0, 0.1) is 5.92 Å². The molecule has 34 heavy (non-hydrogen) atoms. The minimum Gasteiger partial charge on any atom is -0.480 e. The minimum atomic E-state index is -1.52. The summed E-state index contributed by atoms with van der Waals surface area (Å²) >= 11 is 0. The number of rotatable bonds is 17. The van der Waals surface area contributed by atoms with Crippen LogP contribution in [0.1, 0.15) is 52.4 Å². The van der Waals surface area contributed by atoms with Gasteiger partial charge in [0.1, 0.15) is 18.1 Å². The Hall–Kier alpha value is -3.26. The van der Waals surface area contributed by atoms with E-state index in [1.807, 2.05) is 0 Å². The highest BCUT2D eigenvalue weighted by Crippen LogP contribution is 2.07. The highest BCUT2D eigenvalue weighted by atomic mass is 16.4. The molecule has 14 heteroatoms. The number of aliphatic carboxylic acids is 1. The zero-order valence-electron chi connectivity index (χ0n) is 19.5. The molecule has 0 spiro atoms. The molecule has 0 aliphatic heterocycles. The molecule has 0 saturated carbocycles. The topological polar surface area (TPSA) is 263 Å². The largest absolute Gasteiger partial charge is 0.480 e. The number of unbranched alkanes of at least 4 members (excludes halogenated alkanes) is 1. The van der Waals surface area contributed by atoms with Gasteiger partial charge in [-0.3, -0.25) is 24.0 Å². The fourth-order valence-electron chi connectivity index (χ4n) is 2.92. The van der Waals surface area contributed by atoms with Gasteiger partial charge in [-0.2, -0.15) is 0 Å². The third-order valence-corrected chi connectivity index (χ3v) is 4.89. The molecule has 14 nitrogen and oxygen atoms in total. The number of primary amides is 2. The van der Waals surface area contributed by atoms with Crippen LogP contribution in [-0.4, -0.2) is 71.3 Å². The Morgan fingerprint density at radius 2 is 1.38 bits per heavy atom. The Balaban J connectivity index is 5.37. The van der Waals surface area contributed by atoms with Gasteiger partial charge < -0.3 is 44.0 Å². The predicted molar refractivity (Wildman–Crippen MR) is 121 cm³/mol. The van der Waals surface area contributed by atoms with Gasteiger partial charge in [-0.05, 0) is 31.7 Å². The molecule has 0 aliphatic rings. The second-order valence-corrected chi connectivity index (χ2v) is 8.26. The summed E-state index contributed by atoms with van der Waals surface area (Å²) in [6, 6.07) is -4.97. The maximum Gasteiger partial charge on any atom is 0.326 e. The molecule has 0 fully saturated rings. The van der Waals surface area contributed by atoms with Crippen LogP contribution in [0.25, 0.3) is 0 Å². The molecular weight excluding hydrogens is 450 g/mol. The van der Waals surface area contributed by atoms with Crippen LogP contribution < -0.4 is 38.9 Å². The van der Waals surface area contributed by atoms with E-state index in [0.717, 1.165) is 0 Å². The van der Waals surface area contributed by atoms with Crippen molar-refractivity contribution in [2.75, 3.05) is 6.54 Å². The summed E-state index contributed by atoms with van der Waals surface area (Å²) in [6.07, 6.45) is 0.458. The highest BCUT2D eigenvalue weighted by Gasteiger charge is 2.32. The SMILES string of the molecule is CC(C)C(NC(=O)C(N)CCCCN)C(=O)NC(CC(N)=O)C(=O)NC(CCC(N)=O)C(=O)O. The average molecular weight is 488 g/mol. The molecule has 0 aromatic rings. The normalized spacial score (nSPS) is 14.4. The van der Waals surface area contributed by atoms with Crippen LogP contribution in [0.5, 0.6) is 0 Å².